The molecule has 1 aliphatic carbocycles. The third kappa shape index (κ3) is 2.42. The molecular weight excluding hydrogens is 302 g/mol. The molecule has 1 unspecified atom stereocenters. The lowest BCUT2D eigenvalue weighted by molar-refractivity contribution is 0.557. The van der Waals surface area contributed by atoms with Gasteiger partial charge in [0.15, 0.2) is 5.82 Å². The fourth-order valence-corrected chi connectivity index (χ4v) is 2.75. The van der Waals surface area contributed by atoms with Gasteiger partial charge in [0.05, 0.1) is 0 Å². The van der Waals surface area contributed by atoms with Crippen LogP contribution in [0.25, 0.3) is 11.4 Å². The minimum atomic E-state index is 0.101. The second-order valence-electron chi connectivity index (χ2n) is 5.06. The Hall–Kier alpha value is -1.26. The fourth-order valence-electron chi connectivity index (χ4n) is 2.50. The average Bonchev–Trinajstić information content (AvgIpc) is 2.42. The molecule has 4 heteroatoms. The second-order valence-corrected chi connectivity index (χ2v) is 5.91. The first-order valence-electron chi connectivity index (χ1n) is 6.53. The molecule has 1 aliphatic rings. The van der Waals surface area contributed by atoms with Crippen molar-refractivity contribution in [2.24, 2.45) is 5.73 Å². The van der Waals surface area contributed by atoms with Gasteiger partial charge in [-0.05, 0) is 43.9 Å². The highest BCUT2D eigenvalue weighted by Crippen LogP contribution is 2.28. The second kappa shape index (κ2) is 5.02. The van der Waals surface area contributed by atoms with Crippen LogP contribution in [-0.4, -0.2) is 9.97 Å². The lowest BCUT2D eigenvalue weighted by Crippen LogP contribution is -2.19. The number of rotatable bonds is 1. The summed E-state index contributed by atoms with van der Waals surface area (Å²) < 4.78 is 1.11. The van der Waals surface area contributed by atoms with Crippen molar-refractivity contribution in [3.8, 4) is 11.4 Å². The molecule has 0 amide bonds. The lowest BCUT2D eigenvalue weighted by Gasteiger charge is -2.21. The monoisotopic (exact) mass is 317 g/mol. The van der Waals surface area contributed by atoms with Gasteiger partial charge >= 0.3 is 0 Å². The number of hydrogen-bond acceptors (Lipinski definition) is 3. The number of aromatic nitrogens is 2. The van der Waals surface area contributed by atoms with E-state index in [-0.39, 0.29) is 6.04 Å². The van der Waals surface area contributed by atoms with Gasteiger partial charge in [-0.15, -0.1) is 0 Å². The highest BCUT2D eigenvalue weighted by molar-refractivity contribution is 9.10. The van der Waals surface area contributed by atoms with E-state index >= 15 is 0 Å². The molecule has 0 radical (unpaired) electrons. The SMILES string of the molecule is Cc1cc(-c2ncc3c(n2)CCCC3N)ccc1Br. The molecule has 0 aliphatic heterocycles. The van der Waals surface area contributed by atoms with Crippen LogP contribution in [0.3, 0.4) is 0 Å². The van der Waals surface area contributed by atoms with E-state index < -0.39 is 0 Å². The van der Waals surface area contributed by atoms with Crippen LogP contribution in [0, 0.1) is 6.92 Å². The number of aryl methyl sites for hydroxylation is 2. The van der Waals surface area contributed by atoms with Crippen molar-refractivity contribution in [2.75, 3.05) is 0 Å². The molecule has 0 spiro atoms. The summed E-state index contributed by atoms with van der Waals surface area (Å²) in [6.45, 7) is 2.07. The molecule has 0 fully saturated rings. The molecule has 98 valence electrons. The first-order valence-corrected chi connectivity index (χ1v) is 7.32. The van der Waals surface area contributed by atoms with E-state index in [1.807, 2.05) is 18.3 Å². The van der Waals surface area contributed by atoms with Crippen molar-refractivity contribution in [1.82, 2.24) is 9.97 Å². The number of fused-ring (bicyclic) bond motifs is 1. The van der Waals surface area contributed by atoms with Gasteiger partial charge in [-0.25, -0.2) is 9.97 Å². The number of hydrogen-bond donors (Lipinski definition) is 1. The van der Waals surface area contributed by atoms with Crippen LogP contribution in [0.1, 0.15) is 35.7 Å². The Kier molecular flexibility index (Phi) is 3.37. The van der Waals surface area contributed by atoms with Crippen LogP contribution in [-0.2, 0) is 6.42 Å². The van der Waals surface area contributed by atoms with Crippen molar-refractivity contribution in [3.05, 3.63) is 45.7 Å². The molecule has 0 saturated heterocycles. The zero-order valence-electron chi connectivity index (χ0n) is 10.9. The lowest BCUT2D eigenvalue weighted by atomic mass is 9.93. The summed E-state index contributed by atoms with van der Waals surface area (Å²) in [7, 11) is 0. The Morgan fingerprint density at radius 3 is 3.00 bits per heavy atom. The third-order valence-corrected chi connectivity index (χ3v) is 4.53. The molecule has 1 atom stereocenters. The summed E-state index contributed by atoms with van der Waals surface area (Å²) in [4.78, 5) is 9.18. The number of benzene rings is 1. The normalized spacial score (nSPS) is 18.2. The van der Waals surface area contributed by atoms with Crippen LogP contribution in [0.4, 0.5) is 0 Å². The molecule has 1 heterocycles. The first-order chi connectivity index (χ1) is 9.15. The minimum absolute atomic E-state index is 0.101. The van der Waals surface area contributed by atoms with Crippen molar-refractivity contribution in [3.63, 3.8) is 0 Å². The highest BCUT2D eigenvalue weighted by Gasteiger charge is 2.19. The van der Waals surface area contributed by atoms with Crippen molar-refractivity contribution in [2.45, 2.75) is 32.2 Å². The molecule has 0 saturated carbocycles. The van der Waals surface area contributed by atoms with Crippen molar-refractivity contribution < 1.29 is 0 Å². The van der Waals surface area contributed by atoms with E-state index in [0.717, 1.165) is 46.4 Å². The van der Waals surface area contributed by atoms with E-state index in [1.54, 1.807) is 0 Å². The van der Waals surface area contributed by atoms with Crippen LogP contribution in [0.2, 0.25) is 0 Å². The molecule has 1 aromatic heterocycles. The average molecular weight is 318 g/mol. The molecule has 0 bridgehead atoms. The predicted octanol–water partition coefficient (Wildman–Crippen LogP) is 3.55. The van der Waals surface area contributed by atoms with E-state index in [1.165, 1.54) is 5.56 Å². The first kappa shape index (κ1) is 12.8. The molecule has 3 rings (SSSR count). The van der Waals surface area contributed by atoms with Crippen LogP contribution < -0.4 is 5.73 Å². The fraction of sp³-hybridized carbons (Fsp3) is 0.333. The highest BCUT2D eigenvalue weighted by atomic mass is 79.9. The summed E-state index contributed by atoms with van der Waals surface area (Å²) in [5.74, 6) is 0.795. The van der Waals surface area contributed by atoms with Gasteiger partial charge in [0.2, 0.25) is 0 Å². The molecule has 2 aromatic rings. The summed E-state index contributed by atoms with van der Waals surface area (Å²) in [6, 6.07) is 6.29. The Morgan fingerprint density at radius 1 is 1.37 bits per heavy atom. The van der Waals surface area contributed by atoms with Gasteiger partial charge in [-0.3, -0.25) is 0 Å². The molecule has 3 nitrogen and oxygen atoms in total. The van der Waals surface area contributed by atoms with Crippen molar-refractivity contribution in [1.29, 1.82) is 0 Å². The molecule has 19 heavy (non-hydrogen) atoms. The van der Waals surface area contributed by atoms with Gasteiger partial charge in [0, 0.05) is 33.5 Å². The topological polar surface area (TPSA) is 51.8 Å². The van der Waals surface area contributed by atoms with Gasteiger partial charge in [-0.2, -0.15) is 0 Å². The zero-order chi connectivity index (χ0) is 13.4. The summed E-state index contributed by atoms with van der Waals surface area (Å²) >= 11 is 3.51. The molecule has 1 aromatic carbocycles. The van der Waals surface area contributed by atoms with Gasteiger partial charge in [0.25, 0.3) is 0 Å². The maximum Gasteiger partial charge on any atom is 0.159 e. The van der Waals surface area contributed by atoms with Crippen LogP contribution >= 0.6 is 15.9 Å². The summed E-state index contributed by atoms with van der Waals surface area (Å²) in [5.41, 5.74) is 10.6. The summed E-state index contributed by atoms with van der Waals surface area (Å²) in [6.07, 6.45) is 5.06. The standard InChI is InChI=1S/C15H16BrN3/c1-9-7-10(5-6-12(9)16)15-18-8-11-13(17)3-2-4-14(11)19-15/h5-8,13H,2-4,17H2,1H3. The zero-order valence-corrected chi connectivity index (χ0v) is 12.4. The Bertz CT molecular complexity index is 625. The number of nitrogens with two attached hydrogens (primary N) is 1. The largest absolute Gasteiger partial charge is 0.324 e. The maximum absolute atomic E-state index is 6.09. The number of halogens is 1. The van der Waals surface area contributed by atoms with Crippen molar-refractivity contribution >= 4 is 15.9 Å². The van der Waals surface area contributed by atoms with Crippen LogP contribution in [0.15, 0.2) is 28.9 Å². The van der Waals surface area contributed by atoms with Crippen LogP contribution in [0.5, 0.6) is 0 Å². The predicted molar refractivity (Wildman–Crippen MR) is 79.8 cm³/mol. The minimum Gasteiger partial charge on any atom is -0.324 e. The van der Waals surface area contributed by atoms with E-state index in [0.29, 0.717) is 0 Å². The quantitative estimate of drug-likeness (QED) is 0.875. The molecular formula is C15H16BrN3. The van der Waals surface area contributed by atoms with Gasteiger partial charge in [-0.1, -0.05) is 22.0 Å². The van der Waals surface area contributed by atoms with E-state index in [4.69, 9.17) is 10.7 Å². The third-order valence-electron chi connectivity index (χ3n) is 3.64. The Labute approximate surface area is 121 Å². The summed E-state index contributed by atoms with van der Waals surface area (Å²) in [5, 5.41) is 0. The number of nitrogens with zero attached hydrogens (tertiary/aromatic N) is 2. The maximum atomic E-state index is 6.09. The smallest absolute Gasteiger partial charge is 0.159 e. The van der Waals surface area contributed by atoms with E-state index in [2.05, 4.69) is 33.9 Å². The Morgan fingerprint density at radius 2 is 2.21 bits per heavy atom. The Balaban J connectivity index is 2.04. The molecule has 2 N–H and O–H groups in total. The van der Waals surface area contributed by atoms with Gasteiger partial charge < -0.3 is 5.73 Å². The van der Waals surface area contributed by atoms with E-state index in [9.17, 15) is 0 Å². The van der Waals surface area contributed by atoms with Gasteiger partial charge in [0.1, 0.15) is 0 Å².